The van der Waals surface area contributed by atoms with Crippen LogP contribution >= 0.6 is 0 Å². The van der Waals surface area contributed by atoms with Gasteiger partial charge in [0, 0.05) is 5.92 Å². The Labute approximate surface area is 117 Å². The average molecular weight is 271 g/mol. The van der Waals surface area contributed by atoms with E-state index >= 15 is 0 Å². The Balaban J connectivity index is 2.18. The van der Waals surface area contributed by atoms with Crippen LogP contribution in [0.5, 0.6) is 0 Å². The lowest BCUT2D eigenvalue weighted by Gasteiger charge is -2.14. The number of carboxylic acids is 1. The standard InChI is InChI=1S/C15H17N3O2/c1-9(2)11-5-3-4-6-12(11)18-14(10-7-8-10)13(15(19)20)16-17-18/h3-6,9-10H,7-8H2,1-2H3,(H,19,20). The van der Waals surface area contributed by atoms with Gasteiger partial charge in [-0.3, -0.25) is 0 Å². The Bertz CT molecular complexity index is 657. The molecule has 1 aliphatic carbocycles. The summed E-state index contributed by atoms with van der Waals surface area (Å²) in [6, 6.07) is 7.96. The van der Waals surface area contributed by atoms with Crippen LogP contribution < -0.4 is 0 Å². The Kier molecular flexibility index (Phi) is 3.04. The maximum atomic E-state index is 11.3. The van der Waals surface area contributed by atoms with Crippen molar-refractivity contribution in [1.82, 2.24) is 15.0 Å². The van der Waals surface area contributed by atoms with Gasteiger partial charge in [0.15, 0.2) is 5.69 Å². The summed E-state index contributed by atoms with van der Waals surface area (Å²) in [5, 5.41) is 17.2. The van der Waals surface area contributed by atoms with Gasteiger partial charge >= 0.3 is 5.97 Å². The number of hydrogen-bond acceptors (Lipinski definition) is 3. The number of carbonyl (C=O) groups is 1. The summed E-state index contributed by atoms with van der Waals surface area (Å²) in [7, 11) is 0. The predicted molar refractivity (Wildman–Crippen MR) is 74.4 cm³/mol. The Morgan fingerprint density at radius 1 is 1.35 bits per heavy atom. The summed E-state index contributed by atoms with van der Waals surface area (Å²) < 4.78 is 1.72. The predicted octanol–water partition coefficient (Wildman–Crippen LogP) is 2.97. The molecule has 5 heteroatoms. The molecule has 0 bridgehead atoms. The van der Waals surface area contributed by atoms with Crippen LogP contribution in [0.3, 0.4) is 0 Å². The van der Waals surface area contributed by atoms with Crippen LogP contribution in [0.4, 0.5) is 0 Å². The molecule has 104 valence electrons. The summed E-state index contributed by atoms with van der Waals surface area (Å²) in [4.78, 5) is 11.3. The molecule has 0 radical (unpaired) electrons. The first-order chi connectivity index (χ1) is 9.59. The summed E-state index contributed by atoms with van der Waals surface area (Å²) in [6.07, 6.45) is 2.02. The quantitative estimate of drug-likeness (QED) is 0.928. The third-order valence-corrected chi connectivity index (χ3v) is 3.66. The van der Waals surface area contributed by atoms with Crippen LogP contribution in [0, 0.1) is 0 Å². The van der Waals surface area contributed by atoms with Gasteiger partial charge in [-0.05, 0) is 30.4 Å². The highest BCUT2D eigenvalue weighted by Crippen LogP contribution is 2.42. The zero-order valence-electron chi connectivity index (χ0n) is 11.6. The fraction of sp³-hybridized carbons (Fsp3) is 0.400. The second kappa shape index (κ2) is 4.74. The van der Waals surface area contributed by atoms with Crippen molar-refractivity contribution in [2.45, 2.75) is 38.5 Å². The largest absolute Gasteiger partial charge is 0.476 e. The van der Waals surface area contributed by atoms with Gasteiger partial charge in [0.1, 0.15) is 0 Å². The second-order valence-corrected chi connectivity index (χ2v) is 5.53. The molecule has 2 aromatic rings. The van der Waals surface area contributed by atoms with Gasteiger partial charge in [-0.2, -0.15) is 0 Å². The number of aromatic carboxylic acids is 1. The maximum Gasteiger partial charge on any atom is 0.358 e. The van der Waals surface area contributed by atoms with Crippen LogP contribution in [0.2, 0.25) is 0 Å². The molecule has 1 heterocycles. The lowest BCUT2D eigenvalue weighted by molar-refractivity contribution is 0.0689. The zero-order chi connectivity index (χ0) is 14.3. The summed E-state index contributed by atoms with van der Waals surface area (Å²) in [5.41, 5.74) is 2.91. The second-order valence-electron chi connectivity index (χ2n) is 5.53. The molecule has 5 nitrogen and oxygen atoms in total. The number of benzene rings is 1. The Morgan fingerprint density at radius 2 is 2.05 bits per heavy atom. The van der Waals surface area contributed by atoms with Crippen molar-refractivity contribution in [2.24, 2.45) is 0 Å². The van der Waals surface area contributed by atoms with E-state index in [0.29, 0.717) is 5.92 Å². The third kappa shape index (κ3) is 2.09. The fourth-order valence-electron chi connectivity index (χ4n) is 2.51. The number of aromatic nitrogens is 3. The van der Waals surface area contributed by atoms with Gasteiger partial charge in [0.25, 0.3) is 0 Å². The van der Waals surface area contributed by atoms with Gasteiger partial charge in [0.2, 0.25) is 0 Å². The van der Waals surface area contributed by atoms with Crippen molar-refractivity contribution in [2.75, 3.05) is 0 Å². The van der Waals surface area contributed by atoms with Crippen LogP contribution in [0.1, 0.15) is 60.3 Å². The monoisotopic (exact) mass is 271 g/mol. The molecule has 1 aliphatic rings. The summed E-state index contributed by atoms with van der Waals surface area (Å²) in [5.74, 6) is -0.382. The minimum atomic E-state index is -1.000. The van der Waals surface area contributed by atoms with E-state index in [9.17, 15) is 9.90 Å². The molecule has 1 fully saturated rings. The van der Waals surface area contributed by atoms with Gasteiger partial charge in [-0.25, -0.2) is 9.48 Å². The molecule has 0 aliphatic heterocycles. The molecule has 3 rings (SSSR count). The molecule has 0 unspecified atom stereocenters. The Hall–Kier alpha value is -2.17. The lowest BCUT2D eigenvalue weighted by Crippen LogP contribution is -2.08. The van der Waals surface area contributed by atoms with Gasteiger partial charge in [0.05, 0.1) is 11.4 Å². The zero-order valence-corrected chi connectivity index (χ0v) is 11.6. The van der Waals surface area contributed by atoms with E-state index in [1.165, 1.54) is 0 Å². The number of rotatable bonds is 4. The van der Waals surface area contributed by atoms with Gasteiger partial charge in [-0.15, -0.1) is 5.10 Å². The van der Waals surface area contributed by atoms with E-state index in [0.717, 1.165) is 29.8 Å². The molecule has 0 amide bonds. The molecule has 20 heavy (non-hydrogen) atoms. The van der Waals surface area contributed by atoms with Crippen molar-refractivity contribution in [3.8, 4) is 5.69 Å². The van der Waals surface area contributed by atoms with Crippen molar-refractivity contribution in [1.29, 1.82) is 0 Å². The van der Waals surface area contributed by atoms with Crippen molar-refractivity contribution < 1.29 is 9.90 Å². The lowest BCUT2D eigenvalue weighted by atomic mass is 10.0. The molecule has 0 atom stereocenters. The molecule has 1 saturated carbocycles. The van der Waals surface area contributed by atoms with E-state index < -0.39 is 5.97 Å². The molecule has 1 aromatic heterocycles. The van der Waals surface area contributed by atoms with E-state index in [-0.39, 0.29) is 11.6 Å². The molecule has 1 N–H and O–H groups in total. The average Bonchev–Trinajstić information content (AvgIpc) is 3.16. The maximum absolute atomic E-state index is 11.3. The first-order valence-electron chi connectivity index (χ1n) is 6.87. The minimum Gasteiger partial charge on any atom is -0.476 e. The number of nitrogens with zero attached hydrogens (tertiary/aromatic N) is 3. The molecule has 1 aromatic carbocycles. The normalized spacial score (nSPS) is 14.8. The van der Waals surface area contributed by atoms with E-state index in [1.54, 1.807) is 4.68 Å². The van der Waals surface area contributed by atoms with E-state index in [1.807, 2.05) is 18.2 Å². The minimum absolute atomic E-state index is 0.0889. The topological polar surface area (TPSA) is 68.0 Å². The van der Waals surface area contributed by atoms with Gasteiger partial charge in [-0.1, -0.05) is 37.3 Å². The van der Waals surface area contributed by atoms with E-state index in [4.69, 9.17) is 0 Å². The molecule has 0 saturated heterocycles. The third-order valence-electron chi connectivity index (χ3n) is 3.66. The first kappa shape index (κ1) is 12.8. The number of carboxylic acid groups (broad SMARTS) is 1. The SMILES string of the molecule is CC(C)c1ccccc1-n1nnc(C(=O)O)c1C1CC1. The highest BCUT2D eigenvalue weighted by molar-refractivity contribution is 5.87. The number of para-hydroxylation sites is 1. The summed E-state index contributed by atoms with van der Waals surface area (Å²) >= 11 is 0. The number of hydrogen-bond donors (Lipinski definition) is 1. The smallest absolute Gasteiger partial charge is 0.358 e. The van der Waals surface area contributed by atoms with Crippen LogP contribution in [-0.2, 0) is 0 Å². The van der Waals surface area contributed by atoms with E-state index in [2.05, 4.69) is 30.2 Å². The van der Waals surface area contributed by atoms with Crippen molar-refractivity contribution in [3.63, 3.8) is 0 Å². The highest BCUT2D eigenvalue weighted by Gasteiger charge is 2.34. The van der Waals surface area contributed by atoms with Crippen LogP contribution in [0.15, 0.2) is 24.3 Å². The first-order valence-corrected chi connectivity index (χ1v) is 6.87. The molecular formula is C15H17N3O2. The van der Waals surface area contributed by atoms with Gasteiger partial charge < -0.3 is 5.11 Å². The van der Waals surface area contributed by atoms with Crippen LogP contribution in [-0.4, -0.2) is 26.1 Å². The van der Waals surface area contributed by atoms with Crippen molar-refractivity contribution in [3.05, 3.63) is 41.2 Å². The molecule has 0 spiro atoms. The molecular weight excluding hydrogens is 254 g/mol. The van der Waals surface area contributed by atoms with Crippen LogP contribution in [0.25, 0.3) is 5.69 Å². The highest BCUT2D eigenvalue weighted by atomic mass is 16.4. The fourth-order valence-corrected chi connectivity index (χ4v) is 2.51. The Morgan fingerprint density at radius 3 is 2.65 bits per heavy atom. The summed E-state index contributed by atoms with van der Waals surface area (Å²) in [6.45, 7) is 4.23. The van der Waals surface area contributed by atoms with Crippen molar-refractivity contribution >= 4 is 5.97 Å².